The molecule has 0 saturated heterocycles. The molecular formula is C23H24N2O4. The maximum atomic E-state index is 12.7. The van der Waals surface area contributed by atoms with E-state index in [0.717, 1.165) is 23.7 Å². The van der Waals surface area contributed by atoms with Gasteiger partial charge in [0.1, 0.15) is 11.3 Å². The predicted molar refractivity (Wildman–Crippen MR) is 111 cm³/mol. The number of hydrogen-bond acceptors (Lipinski definition) is 3. The van der Waals surface area contributed by atoms with Gasteiger partial charge >= 0.3 is 5.97 Å². The van der Waals surface area contributed by atoms with Crippen molar-refractivity contribution in [1.82, 2.24) is 10.3 Å². The summed E-state index contributed by atoms with van der Waals surface area (Å²) in [5.74, 6) is -0.299. The molecule has 1 aromatic heterocycles. The van der Waals surface area contributed by atoms with Crippen molar-refractivity contribution in [1.29, 1.82) is 0 Å². The molecule has 1 aliphatic rings. The second-order valence-electron chi connectivity index (χ2n) is 7.71. The van der Waals surface area contributed by atoms with Crippen LogP contribution in [-0.2, 0) is 19.4 Å². The van der Waals surface area contributed by atoms with Crippen LogP contribution in [0.1, 0.15) is 50.9 Å². The van der Waals surface area contributed by atoms with Gasteiger partial charge in [-0.1, -0.05) is 13.0 Å². The van der Waals surface area contributed by atoms with Crippen molar-refractivity contribution in [2.75, 3.05) is 7.11 Å². The standard InChI is InChI=1S/C23H24N2O4/c1-13-3-6-19-16(9-13)17-11-15(5-7-20(17)25-19)22(26)24-12-14-4-8-21(29-2)18(10-14)23(27)28/h4-5,7-8,10-11,13,25H,3,6,9,12H2,1-2H3,(H,24,26)(H,27,28). The minimum atomic E-state index is -1.06. The van der Waals surface area contributed by atoms with Crippen molar-refractivity contribution in [3.63, 3.8) is 0 Å². The molecule has 4 rings (SSSR count). The molecule has 1 atom stereocenters. The Bertz CT molecular complexity index is 1100. The molecule has 3 N–H and O–H groups in total. The van der Waals surface area contributed by atoms with Gasteiger partial charge in [-0.15, -0.1) is 0 Å². The lowest BCUT2D eigenvalue weighted by Gasteiger charge is -2.18. The quantitative estimate of drug-likeness (QED) is 0.614. The summed E-state index contributed by atoms with van der Waals surface area (Å²) in [4.78, 5) is 27.5. The van der Waals surface area contributed by atoms with Crippen molar-refractivity contribution in [2.24, 2.45) is 5.92 Å². The first-order valence-electron chi connectivity index (χ1n) is 9.78. The Morgan fingerprint density at radius 3 is 2.83 bits per heavy atom. The lowest BCUT2D eigenvalue weighted by molar-refractivity contribution is 0.0693. The molecule has 1 aliphatic carbocycles. The largest absolute Gasteiger partial charge is 0.496 e. The zero-order valence-electron chi connectivity index (χ0n) is 16.5. The molecule has 1 heterocycles. The molecule has 0 spiro atoms. The molecule has 6 nitrogen and oxygen atoms in total. The number of H-pyrrole nitrogens is 1. The Balaban J connectivity index is 1.53. The number of carboxylic acid groups (broad SMARTS) is 1. The number of ether oxygens (including phenoxy) is 1. The number of nitrogens with one attached hydrogen (secondary N) is 2. The van der Waals surface area contributed by atoms with Crippen LogP contribution in [-0.4, -0.2) is 29.1 Å². The SMILES string of the molecule is COc1ccc(CNC(=O)c2ccc3[nH]c4c(c3c2)CC(C)CC4)cc1C(=O)O. The van der Waals surface area contributed by atoms with E-state index < -0.39 is 5.97 Å². The van der Waals surface area contributed by atoms with Crippen LogP contribution in [0.4, 0.5) is 0 Å². The number of carboxylic acids is 1. The lowest BCUT2D eigenvalue weighted by Crippen LogP contribution is -2.23. The first-order chi connectivity index (χ1) is 14.0. The number of benzene rings is 2. The van der Waals surface area contributed by atoms with Crippen LogP contribution in [0.5, 0.6) is 5.75 Å². The average Bonchev–Trinajstić information content (AvgIpc) is 3.08. The molecule has 0 bridgehead atoms. The number of aromatic amines is 1. The Hall–Kier alpha value is -3.28. The van der Waals surface area contributed by atoms with Gasteiger partial charge in [0.25, 0.3) is 5.91 Å². The topological polar surface area (TPSA) is 91.4 Å². The highest BCUT2D eigenvalue weighted by molar-refractivity contribution is 5.99. The number of carbonyl (C=O) groups is 2. The van der Waals surface area contributed by atoms with Crippen LogP contribution in [0.15, 0.2) is 36.4 Å². The molecule has 0 saturated carbocycles. The van der Waals surface area contributed by atoms with Gasteiger partial charge in [-0.2, -0.15) is 0 Å². The highest BCUT2D eigenvalue weighted by Crippen LogP contribution is 2.32. The Morgan fingerprint density at radius 1 is 1.24 bits per heavy atom. The smallest absolute Gasteiger partial charge is 0.339 e. The number of amides is 1. The molecule has 29 heavy (non-hydrogen) atoms. The highest BCUT2D eigenvalue weighted by Gasteiger charge is 2.20. The van der Waals surface area contributed by atoms with E-state index >= 15 is 0 Å². The molecule has 3 aromatic rings. The number of aromatic nitrogens is 1. The second-order valence-corrected chi connectivity index (χ2v) is 7.71. The van der Waals surface area contributed by atoms with Crippen LogP contribution in [0.2, 0.25) is 0 Å². The van der Waals surface area contributed by atoms with Crippen molar-refractivity contribution in [3.8, 4) is 5.75 Å². The van der Waals surface area contributed by atoms with Gasteiger partial charge in [0.2, 0.25) is 0 Å². The maximum Gasteiger partial charge on any atom is 0.339 e. The Labute approximate surface area is 168 Å². The van der Waals surface area contributed by atoms with E-state index in [1.165, 1.54) is 30.9 Å². The number of rotatable bonds is 5. The molecule has 0 aliphatic heterocycles. The maximum absolute atomic E-state index is 12.7. The fraction of sp³-hybridized carbons (Fsp3) is 0.304. The van der Waals surface area contributed by atoms with Crippen LogP contribution in [0.3, 0.4) is 0 Å². The minimum absolute atomic E-state index is 0.0775. The van der Waals surface area contributed by atoms with Gasteiger partial charge in [-0.25, -0.2) is 4.79 Å². The summed E-state index contributed by atoms with van der Waals surface area (Å²) in [6.07, 6.45) is 3.27. The van der Waals surface area contributed by atoms with E-state index in [0.29, 0.717) is 22.8 Å². The Morgan fingerprint density at radius 2 is 2.07 bits per heavy atom. The summed E-state index contributed by atoms with van der Waals surface area (Å²) in [6, 6.07) is 10.6. The Kier molecular flexibility index (Phi) is 5.01. The highest BCUT2D eigenvalue weighted by atomic mass is 16.5. The first kappa shape index (κ1) is 19.1. The van der Waals surface area contributed by atoms with Crippen molar-refractivity contribution in [2.45, 2.75) is 32.7 Å². The third kappa shape index (κ3) is 3.70. The molecule has 0 radical (unpaired) electrons. The summed E-state index contributed by atoms with van der Waals surface area (Å²) in [7, 11) is 1.43. The molecular weight excluding hydrogens is 368 g/mol. The van der Waals surface area contributed by atoms with Gasteiger partial charge in [-0.3, -0.25) is 4.79 Å². The molecule has 1 amide bonds. The summed E-state index contributed by atoms with van der Waals surface area (Å²) >= 11 is 0. The van der Waals surface area contributed by atoms with Gasteiger partial charge in [0, 0.05) is 28.7 Å². The first-order valence-corrected chi connectivity index (χ1v) is 9.78. The molecule has 2 aromatic carbocycles. The zero-order chi connectivity index (χ0) is 20.5. The fourth-order valence-electron chi connectivity index (χ4n) is 4.05. The molecule has 1 unspecified atom stereocenters. The van der Waals surface area contributed by atoms with Gasteiger partial charge < -0.3 is 20.1 Å². The van der Waals surface area contributed by atoms with Crippen LogP contribution >= 0.6 is 0 Å². The number of hydrogen-bond donors (Lipinski definition) is 3. The van der Waals surface area contributed by atoms with Crippen LogP contribution in [0, 0.1) is 5.92 Å². The summed E-state index contributed by atoms with van der Waals surface area (Å²) in [6.45, 7) is 2.50. The van der Waals surface area contributed by atoms with E-state index in [-0.39, 0.29) is 18.0 Å². The minimum Gasteiger partial charge on any atom is -0.496 e. The summed E-state index contributed by atoms with van der Waals surface area (Å²) in [5.41, 5.74) is 5.07. The number of aromatic carboxylic acids is 1. The number of methoxy groups -OCH3 is 1. The zero-order valence-corrected chi connectivity index (χ0v) is 16.5. The lowest BCUT2D eigenvalue weighted by atomic mass is 9.87. The summed E-state index contributed by atoms with van der Waals surface area (Å²) < 4.78 is 5.07. The third-order valence-corrected chi connectivity index (χ3v) is 5.64. The monoisotopic (exact) mass is 392 g/mol. The van der Waals surface area contributed by atoms with E-state index in [2.05, 4.69) is 17.2 Å². The molecule has 6 heteroatoms. The van der Waals surface area contributed by atoms with E-state index in [4.69, 9.17) is 4.74 Å². The van der Waals surface area contributed by atoms with Gasteiger partial charge in [0.05, 0.1) is 7.11 Å². The summed E-state index contributed by atoms with van der Waals surface area (Å²) in [5, 5.41) is 13.3. The predicted octanol–water partition coefficient (Wildman–Crippen LogP) is 3.93. The van der Waals surface area contributed by atoms with Crippen LogP contribution in [0.25, 0.3) is 10.9 Å². The van der Waals surface area contributed by atoms with Crippen LogP contribution < -0.4 is 10.1 Å². The van der Waals surface area contributed by atoms with E-state index in [1.54, 1.807) is 12.1 Å². The second kappa shape index (κ2) is 7.62. The average molecular weight is 392 g/mol. The van der Waals surface area contributed by atoms with E-state index in [9.17, 15) is 14.7 Å². The van der Waals surface area contributed by atoms with Crippen molar-refractivity contribution < 1.29 is 19.4 Å². The number of aryl methyl sites for hydroxylation is 1. The van der Waals surface area contributed by atoms with E-state index in [1.807, 2.05) is 18.2 Å². The van der Waals surface area contributed by atoms with Crippen molar-refractivity contribution >= 4 is 22.8 Å². The fourth-order valence-corrected chi connectivity index (χ4v) is 4.05. The third-order valence-electron chi connectivity index (χ3n) is 5.64. The normalized spacial score (nSPS) is 15.7. The van der Waals surface area contributed by atoms with Gasteiger partial charge in [0.15, 0.2) is 0 Å². The number of fused-ring (bicyclic) bond motifs is 3. The molecule has 0 fully saturated rings. The van der Waals surface area contributed by atoms with Gasteiger partial charge in [-0.05, 0) is 66.6 Å². The molecule has 150 valence electrons. The number of carbonyl (C=O) groups excluding carboxylic acids is 1. The van der Waals surface area contributed by atoms with Crippen molar-refractivity contribution in [3.05, 3.63) is 64.3 Å².